The number of halogens is 2. The molecule has 11 heteroatoms. The minimum Gasteiger partial charge on any atom is -0.497 e. The maximum atomic E-state index is 14.0. The van der Waals surface area contributed by atoms with Gasteiger partial charge in [-0.1, -0.05) is 50.6 Å². The molecular weight excluding hydrogens is 569 g/mol. The Balaban J connectivity index is 2.05. The molecule has 8 nitrogen and oxygen atoms in total. The van der Waals surface area contributed by atoms with E-state index >= 15 is 0 Å². The third kappa shape index (κ3) is 8.20. The number of hydrogen-bond acceptors (Lipinski definition) is 5. The van der Waals surface area contributed by atoms with Gasteiger partial charge in [0.25, 0.3) is 10.0 Å². The molecule has 3 aromatic rings. The molecule has 1 N–H and O–H groups in total. The van der Waals surface area contributed by atoms with Crippen molar-refractivity contribution >= 4 is 39.1 Å². The average Bonchev–Trinajstić information content (AvgIpc) is 2.96. The van der Waals surface area contributed by atoms with Crippen molar-refractivity contribution in [1.82, 2.24) is 10.2 Å². The molecule has 0 spiro atoms. The van der Waals surface area contributed by atoms with E-state index in [9.17, 15) is 22.4 Å². The Kier molecular flexibility index (Phi) is 11.1. The molecule has 0 fully saturated rings. The second kappa shape index (κ2) is 14.3. The van der Waals surface area contributed by atoms with Gasteiger partial charge >= 0.3 is 0 Å². The van der Waals surface area contributed by atoms with Crippen LogP contribution in [0.25, 0.3) is 0 Å². The van der Waals surface area contributed by atoms with Crippen LogP contribution in [0.5, 0.6) is 5.75 Å². The molecular formula is C30H35ClFN3O5S. The van der Waals surface area contributed by atoms with Gasteiger partial charge in [0.05, 0.1) is 17.7 Å². The zero-order chi connectivity index (χ0) is 30.2. The van der Waals surface area contributed by atoms with Crippen molar-refractivity contribution in [3.8, 4) is 5.75 Å². The highest BCUT2D eigenvalue weighted by atomic mass is 35.5. The van der Waals surface area contributed by atoms with E-state index in [4.69, 9.17) is 16.3 Å². The van der Waals surface area contributed by atoms with Crippen LogP contribution in [0.15, 0.2) is 77.7 Å². The van der Waals surface area contributed by atoms with Crippen LogP contribution < -0.4 is 14.4 Å². The number of carbonyl (C=O) groups is 2. The van der Waals surface area contributed by atoms with Gasteiger partial charge in [-0.15, -0.1) is 0 Å². The molecule has 1 atom stereocenters. The molecule has 220 valence electrons. The lowest BCUT2D eigenvalue weighted by Crippen LogP contribution is -2.52. The molecule has 0 bridgehead atoms. The number of benzene rings is 3. The van der Waals surface area contributed by atoms with Crippen LogP contribution >= 0.6 is 11.6 Å². The summed E-state index contributed by atoms with van der Waals surface area (Å²) in [4.78, 5) is 28.5. The lowest BCUT2D eigenvalue weighted by atomic mass is 10.1. The molecule has 0 aromatic heterocycles. The minimum absolute atomic E-state index is 0.0219. The van der Waals surface area contributed by atoms with Gasteiger partial charge < -0.3 is 15.0 Å². The lowest BCUT2D eigenvalue weighted by molar-refractivity contribution is -0.140. The number of hydrogen-bond donors (Lipinski definition) is 1. The van der Waals surface area contributed by atoms with Gasteiger partial charge in [0, 0.05) is 18.1 Å². The summed E-state index contributed by atoms with van der Waals surface area (Å²) < 4.78 is 47.5. The normalized spacial score (nSPS) is 12.1. The largest absolute Gasteiger partial charge is 0.497 e. The predicted molar refractivity (Wildman–Crippen MR) is 158 cm³/mol. The molecule has 0 saturated heterocycles. The Hall–Kier alpha value is -3.63. The number of carbonyl (C=O) groups excluding carboxylic acids is 2. The Morgan fingerprint density at radius 3 is 2.20 bits per heavy atom. The highest BCUT2D eigenvalue weighted by Gasteiger charge is 2.34. The summed E-state index contributed by atoms with van der Waals surface area (Å²) in [5.41, 5.74) is 0.689. The van der Waals surface area contributed by atoms with Crippen LogP contribution in [0.3, 0.4) is 0 Å². The average molecular weight is 604 g/mol. The van der Waals surface area contributed by atoms with E-state index in [1.54, 1.807) is 31.2 Å². The summed E-state index contributed by atoms with van der Waals surface area (Å²) in [5, 5.41) is 3.28. The minimum atomic E-state index is -4.29. The van der Waals surface area contributed by atoms with Crippen LogP contribution in [0, 0.1) is 11.7 Å². The van der Waals surface area contributed by atoms with Crippen molar-refractivity contribution in [3.63, 3.8) is 0 Å². The van der Waals surface area contributed by atoms with Crippen LogP contribution in [0.2, 0.25) is 5.02 Å². The second-order valence-corrected chi connectivity index (χ2v) is 12.1. The van der Waals surface area contributed by atoms with Crippen molar-refractivity contribution in [3.05, 3.63) is 89.2 Å². The van der Waals surface area contributed by atoms with Gasteiger partial charge in [0.15, 0.2) is 0 Å². The smallest absolute Gasteiger partial charge is 0.264 e. The van der Waals surface area contributed by atoms with Crippen molar-refractivity contribution in [2.45, 2.75) is 44.7 Å². The fraction of sp³-hybridized carbons (Fsp3) is 0.333. The first kappa shape index (κ1) is 31.9. The topological polar surface area (TPSA) is 96.0 Å². The zero-order valence-corrected chi connectivity index (χ0v) is 25.1. The van der Waals surface area contributed by atoms with E-state index in [1.165, 1.54) is 48.4 Å². The molecule has 0 aliphatic rings. The van der Waals surface area contributed by atoms with Crippen LogP contribution in [0.1, 0.15) is 32.8 Å². The van der Waals surface area contributed by atoms with Gasteiger partial charge in [0.2, 0.25) is 11.8 Å². The molecule has 0 radical (unpaired) electrons. The quantitative estimate of drug-likeness (QED) is 0.287. The van der Waals surface area contributed by atoms with Gasteiger partial charge in [-0.25, -0.2) is 12.8 Å². The van der Waals surface area contributed by atoms with Crippen LogP contribution in [-0.4, -0.2) is 51.4 Å². The van der Waals surface area contributed by atoms with E-state index in [0.29, 0.717) is 22.9 Å². The molecule has 3 aromatic carbocycles. The number of sulfonamides is 1. The molecule has 0 aliphatic carbocycles. The third-order valence-corrected chi connectivity index (χ3v) is 8.57. The first-order valence-corrected chi connectivity index (χ1v) is 15.0. The fourth-order valence-electron chi connectivity index (χ4n) is 4.16. The number of rotatable bonds is 13. The number of methoxy groups -OCH3 is 1. The molecule has 41 heavy (non-hydrogen) atoms. The highest BCUT2D eigenvalue weighted by Crippen LogP contribution is 2.27. The third-order valence-electron chi connectivity index (χ3n) is 6.41. The maximum Gasteiger partial charge on any atom is 0.264 e. The fourth-order valence-corrected chi connectivity index (χ4v) is 5.77. The maximum absolute atomic E-state index is 14.0. The van der Waals surface area contributed by atoms with Crippen molar-refractivity contribution < 1.29 is 27.1 Å². The molecule has 2 amide bonds. The van der Waals surface area contributed by atoms with Crippen LogP contribution in [-0.2, 0) is 26.2 Å². The number of ether oxygens (including phenoxy) is 1. The van der Waals surface area contributed by atoms with Crippen LogP contribution in [0.4, 0.5) is 10.1 Å². The van der Waals surface area contributed by atoms with Gasteiger partial charge in [-0.2, -0.15) is 0 Å². The standard InChI is InChI=1S/C30H35ClFN3O5S/c1-5-28(30(37)33-18-21(2)3)34(19-22-8-6-7-9-27(22)31)29(36)20-35(24-12-10-23(32)11-13-24)41(38,39)26-16-14-25(40-4)15-17-26/h6-17,21,28H,5,18-20H2,1-4H3,(H,33,37)/t28-/m0/s1. The molecule has 0 heterocycles. The number of nitrogens with zero attached hydrogens (tertiary/aromatic N) is 2. The van der Waals surface area contributed by atoms with Crippen molar-refractivity contribution in [2.24, 2.45) is 5.92 Å². The molecule has 0 aliphatic heterocycles. The first-order chi connectivity index (χ1) is 19.5. The van der Waals surface area contributed by atoms with E-state index in [2.05, 4.69) is 5.32 Å². The number of nitrogens with one attached hydrogen (secondary N) is 1. The lowest BCUT2D eigenvalue weighted by Gasteiger charge is -2.33. The van der Waals surface area contributed by atoms with Crippen molar-refractivity contribution in [1.29, 1.82) is 0 Å². The zero-order valence-electron chi connectivity index (χ0n) is 23.5. The van der Waals surface area contributed by atoms with E-state index in [1.807, 2.05) is 13.8 Å². The van der Waals surface area contributed by atoms with Gasteiger partial charge in [-0.3, -0.25) is 13.9 Å². The Morgan fingerprint density at radius 2 is 1.63 bits per heavy atom. The highest BCUT2D eigenvalue weighted by molar-refractivity contribution is 7.92. The number of anilines is 1. The monoisotopic (exact) mass is 603 g/mol. The first-order valence-electron chi connectivity index (χ1n) is 13.2. The predicted octanol–water partition coefficient (Wildman–Crippen LogP) is 5.26. The van der Waals surface area contributed by atoms with E-state index in [-0.39, 0.29) is 35.4 Å². The summed E-state index contributed by atoms with van der Waals surface area (Å²) in [6.07, 6.45) is 0.280. The molecule has 0 saturated carbocycles. The summed E-state index contributed by atoms with van der Waals surface area (Å²) >= 11 is 6.41. The summed E-state index contributed by atoms with van der Waals surface area (Å²) in [6.45, 7) is 5.44. The summed E-state index contributed by atoms with van der Waals surface area (Å²) in [7, 11) is -2.83. The molecule has 0 unspecified atom stereocenters. The van der Waals surface area contributed by atoms with Gasteiger partial charge in [-0.05, 0) is 72.5 Å². The Labute approximate surface area is 246 Å². The van der Waals surface area contributed by atoms with E-state index < -0.39 is 34.3 Å². The number of amides is 2. The van der Waals surface area contributed by atoms with E-state index in [0.717, 1.165) is 16.4 Å². The Bertz CT molecular complexity index is 1430. The summed E-state index contributed by atoms with van der Waals surface area (Å²) in [6, 6.07) is 16.6. The molecule has 3 rings (SSSR count). The Morgan fingerprint density at radius 1 is 1.00 bits per heavy atom. The van der Waals surface area contributed by atoms with Crippen molar-refractivity contribution in [2.75, 3.05) is 24.5 Å². The summed E-state index contributed by atoms with van der Waals surface area (Å²) in [5.74, 6) is -0.897. The SMILES string of the molecule is CC[C@@H](C(=O)NCC(C)C)N(Cc1ccccc1Cl)C(=O)CN(c1ccc(F)cc1)S(=O)(=O)c1ccc(OC)cc1. The van der Waals surface area contributed by atoms with Gasteiger partial charge in [0.1, 0.15) is 24.2 Å². The second-order valence-electron chi connectivity index (χ2n) is 9.84.